The molecule has 2 rings (SSSR count). The molecule has 0 radical (unpaired) electrons. The molecule has 0 aliphatic heterocycles. The fraction of sp³-hybridized carbons (Fsp3) is 0.214. The maximum absolute atomic E-state index is 6.15. The average molecular weight is 262 g/mol. The summed E-state index contributed by atoms with van der Waals surface area (Å²) < 4.78 is 0. The lowest BCUT2D eigenvalue weighted by Gasteiger charge is -2.17. The van der Waals surface area contributed by atoms with Crippen molar-refractivity contribution in [3.63, 3.8) is 0 Å². The molecule has 3 N–H and O–H groups in total. The number of halogens is 1. The molecule has 1 heterocycles. The van der Waals surface area contributed by atoms with E-state index in [-0.39, 0.29) is 6.04 Å². The van der Waals surface area contributed by atoms with Crippen molar-refractivity contribution in [3.05, 3.63) is 64.4 Å². The fourth-order valence-corrected chi connectivity index (χ4v) is 2.12. The quantitative estimate of drug-likeness (QED) is 0.657. The van der Waals surface area contributed by atoms with Gasteiger partial charge in [0.15, 0.2) is 0 Å². The van der Waals surface area contributed by atoms with Gasteiger partial charge in [-0.25, -0.2) is 5.43 Å². The molecule has 1 aromatic carbocycles. The second kappa shape index (κ2) is 5.96. The van der Waals surface area contributed by atoms with Crippen molar-refractivity contribution in [2.75, 3.05) is 0 Å². The molecule has 4 heteroatoms. The Morgan fingerprint density at radius 2 is 2.00 bits per heavy atom. The SMILES string of the molecule is CCc1ccc(C(NN)c2ncccc2Cl)cc1. The Hall–Kier alpha value is -1.42. The van der Waals surface area contributed by atoms with Crippen molar-refractivity contribution < 1.29 is 0 Å². The minimum Gasteiger partial charge on any atom is -0.271 e. The summed E-state index contributed by atoms with van der Waals surface area (Å²) in [5, 5.41) is 0.611. The molecular formula is C14H16ClN3. The Labute approximate surface area is 112 Å². The smallest absolute Gasteiger partial charge is 0.0896 e. The van der Waals surface area contributed by atoms with Crippen molar-refractivity contribution in [1.29, 1.82) is 0 Å². The maximum Gasteiger partial charge on any atom is 0.0896 e. The minimum atomic E-state index is -0.190. The first-order chi connectivity index (χ1) is 8.76. The third-order valence-electron chi connectivity index (χ3n) is 2.95. The molecule has 0 aliphatic carbocycles. The zero-order valence-electron chi connectivity index (χ0n) is 10.2. The molecule has 0 saturated heterocycles. The van der Waals surface area contributed by atoms with E-state index in [0.717, 1.165) is 17.7 Å². The molecule has 94 valence electrons. The first-order valence-electron chi connectivity index (χ1n) is 5.91. The van der Waals surface area contributed by atoms with E-state index in [1.165, 1.54) is 5.56 Å². The van der Waals surface area contributed by atoms with Gasteiger partial charge in [0.2, 0.25) is 0 Å². The number of hydrogen-bond acceptors (Lipinski definition) is 3. The summed E-state index contributed by atoms with van der Waals surface area (Å²) >= 11 is 6.15. The Morgan fingerprint density at radius 3 is 2.56 bits per heavy atom. The zero-order valence-corrected chi connectivity index (χ0v) is 11.0. The van der Waals surface area contributed by atoms with E-state index in [0.29, 0.717) is 5.02 Å². The molecule has 0 fully saturated rings. The van der Waals surface area contributed by atoms with Crippen LogP contribution in [0.15, 0.2) is 42.6 Å². The van der Waals surface area contributed by atoms with Crippen LogP contribution in [-0.4, -0.2) is 4.98 Å². The number of benzene rings is 1. The third kappa shape index (κ3) is 2.70. The standard InChI is InChI=1S/C14H16ClN3/c1-2-10-5-7-11(8-6-10)13(18-16)14-12(15)4-3-9-17-14/h3-9,13,18H,2,16H2,1H3. The van der Waals surface area contributed by atoms with Crippen LogP contribution < -0.4 is 11.3 Å². The number of hydrogen-bond donors (Lipinski definition) is 2. The van der Waals surface area contributed by atoms with Crippen molar-refractivity contribution in [1.82, 2.24) is 10.4 Å². The monoisotopic (exact) mass is 261 g/mol. The number of pyridine rings is 1. The zero-order chi connectivity index (χ0) is 13.0. The van der Waals surface area contributed by atoms with E-state index in [1.54, 1.807) is 12.3 Å². The number of aryl methyl sites for hydroxylation is 1. The van der Waals surface area contributed by atoms with E-state index in [9.17, 15) is 0 Å². The number of aromatic nitrogens is 1. The normalized spacial score (nSPS) is 12.4. The van der Waals surface area contributed by atoms with Crippen LogP contribution in [0.2, 0.25) is 5.02 Å². The van der Waals surface area contributed by atoms with E-state index in [1.807, 2.05) is 18.2 Å². The summed E-state index contributed by atoms with van der Waals surface area (Å²) in [6, 6.07) is 11.7. The first kappa shape index (κ1) is 13.0. The Bertz CT molecular complexity index is 511. The van der Waals surface area contributed by atoms with Gasteiger partial charge in [-0.3, -0.25) is 10.8 Å². The van der Waals surface area contributed by atoms with E-state index >= 15 is 0 Å². The third-order valence-corrected chi connectivity index (χ3v) is 3.27. The van der Waals surface area contributed by atoms with Gasteiger partial charge < -0.3 is 0 Å². The van der Waals surface area contributed by atoms with Crippen LogP contribution in [0.5, 0.6) is 0 Å². The molecule has 0 spiro atoms. The van der Waals surface area contributed by atoms with Gasteiger partial charge >= 0.3 is 0 Å². The Balaban J connectivity index is 2.36. The highest BCUT2D eigenvalue weighted by molar-refractivity contribution is 6.31. The molecule has 0 aliphatic rings. The summed E-state index contributed by atoms with van der Waals surface area (Å²) in [6.07, 6.45) is 2.73. The molecule has 18 heavy (non-hydrogen) atoms. The summed E-state index contributed by atoms with van der Waals surface area (Å²) in [6.45, 7) is 2.13. The average Bonchev–Trinajstić information content (AvgIpc) is 2.42. The molecule has 0 saturated carbocycles. The van der Waals surface area contributed by atoms with Gasteiger partial charge in [-0.05, 0) is 29.7 Å². The molecule has 1 aromatic heterocycles. The van der Waals surface area contributed by atoms with Gasteiger partial charge in [-0.2, -0.15) is 0 Å². The molecule has 1 unspecified atom stereocenters. The summed E-state index contributed by atoms with van der Waals surface area (Å²) in [4.78, 5) is 4.29. The second-order valence-corrected chi connectivity index (χ2v) is 4.47. The predicted molar refractivity (Wildman–Crippen MR) is 74.2 cm³/mol. The van der Waals surface area contributed by atoms with Gasteiger partial charge in [0.05, 0.1) is 16.8 Å². The molecule has 3 nitrogen and oxygen atoms in total. The highest BCUT2D eigenvalue weighted by Gasteiger charge is 2.16. The first-order valence-corrected chi connectivity index (χ1v) is 6.29. The van der Waals surface area contributed by atoms with Crippen molar-refractivity contribution in [2.45, 2.75) is 19.4 Å². The van der Waals surface area contributed by atoms with Crippen LogP contribution in [0, 0.1) is 0 Å². The molecule has 1 atom stereocenters. The van der Waals surface area contributed by atoms with Crippen molar-refractivity contribution in [2.24, 2.45) is 5.84 Å². The van der Waals surface area contributed by atoms with Gasteiger partial charge in [0.25, 0.3) is 0 Å². The van der Waals surface area contributed by atoms with Crippen molar-refractivity contribution >= 4 is 11.6 Å². The number of nitrogens with one attached hydrogen (secondary N) is 1. The molecular weight excluding hydrogens is 246 g/mol. The number of nitrogens with two attached hydrogens (primary N) is 1. The summed E-state index contributed by atoms with van der Waals surface area (Å²) in [7, 11) is 0. The minimum absolute atomic E-state index is 0.190. The van der Waals surface area contributed by atoms with E-state index in [4.69, 9.17) is 17.4 Å². The van der Waals surface area contributed by atoms with Crippen molar-refractivity contribution in [3.8, 4) is 0 Å². The van der Waals surface area contributed by atoms with Crippen LogP contribution in [0.4, 0.5) is 0 Å². The highest BCUT2D eigenvalue weighted by Crippen LogP contribution is 2.25. The number of nitrogens with zero attached hydrogens (tertiary/aromatic N) is 1. The van der Waals surface area contributed by atoms with Gasteiger partial charge in [-0.15, -0.1) is 0 Å². The lowest BCUT2D eigenvalue weighted by atomic mass is 10.0. The lowest BCUT2D eigenvalue weighted by Crippen LogP contribution is -2.29. The van der Waals surface area contributed by atoms with Crippen LogP contribution >= 0.6 is 11.6 Å². The van der Waals surface area contributed by atoms with Crippen LogP contribution in [0.3, 0.4) is 0 Å². The fourth-order valence-electron chi connectivity index (χ4n) is 1.89. The Kier molecular flexibility index (Phi) is 4.31. The van der Waals surface area contributed by atoms with Gasteiger partial charge in [0.1, 0.15) is 0 Å². The van der Waals surface area contributed by atoms with E-state index in [2.05, 4.69) is 29.5 Å². The molecule has 0 bridgehead atoms. The Morgan fingerprint density at radius 1 is 1.28 bits per heavy atom. The summed E-state index contributed by atoms with van der Waals surface area (Å²) in [5.41, 5.74) is 5.85. The highest BCUT2D eigenvalue weighted by atomic mass is 35.5. The largest absolute Gasteiger partial charge is 0.271 e. The number of hydrazine groups is 1. The van der Waals surface area contributed by atoms with E-state index < -0.39 is 0 Å². The summed E-state index contributed by atoms with van der Waals surface area (Å²) in [5.74, 6) is 5.63. The van der Waals surface area contributed by atoms with Gasteiger partial charge in [0, 0.05) is 6.20 Å². The van der Waals surface area contributed by atoms with Crippen LogP contribution in [0.1, 0.15) is 29.8 Å². The van der Waals surface area contributed by atoms with Crippen LogP contribution in [0.25, 0.3) is 0 Å². The van der Waals surface area contributed by atoms with Gasteiger partial charge in [-0.1, -0.05) is 42.8 Å². The maximum atomic E-state index is 6.15. The molecule has 2 aromatic rings. The topological polar surface area (TPSA) is 50.9 Å². The second-order valence-electron chi connectivity index (χ2n) is 4.07. The lowest BCUT2D eigenvalue weighted by molar-refractivity contribution is 0.621. The predicted octanol–water partition coefficient (Wildman–Crippen LogP) is 2.85. The molecule has 0 amide bonds. The number of rotatable bonds is 4. The van der Waals surface area contributed by atoms with Crippen LogP contribution in [-0.2, 0) is 6.42 Å².